The Labute approximate surface area is 209 Å². The lowest BCUT2D eigenvalue weighted by Gasteiger charge is -2.42. The van der Waals surface area contributed by atoms with Gasteiger partial charge in [0, 0.05) is 31.2 Å². The number of hydrogen-bond donors (Lipinski definition) is 2. The highest BCUT2D eigenvalue weighted by Gasteiger charge is 2.35. The minimum Gasteiger partial charge on any atom is -0.378 e. The number of likely N-dealkylation sites (tertiary alicyclic amines) is 1. The Hall–Kier alpha value is -2.48. The van der Waals surface area contributed by atoms with E-state index in [0.29, 0.717) is 5.92 Å². The zero-order valence-electron chi connectivity index (χ0n) is 21.4. The summed E-state index contributed by atoms with van der Waals surface area (Å²) in [7, 11) is 0. The second-order valence-electron chi connectivity index (χ2n) is 9.79. The topological polar surface area (TPSA) is 77.6 Å². The average Bonchev–Trinajstić information content (AvgIpc) is 3.44. The maximum atomic E-state index is 11.4. The van der Waals surface area contributed by atoms with Gasteiger partial charge in [-0.15, -0.1) is 0 Å². The first-order chi connectivity index (χ1) is 17.1. The number of benzene rings is 1. The van der Waals surface area contributed by atoms with Crippen molar-refractivity contribution in [2.75, 3.05) is 24.5 Å². The van der Waals surface area contributed by atoms with Gasteiger partial charge in [-0.25, -0.2) is 0 Å². The summed E-state index contributed by atoms with van der Waals surface area (Å²) in [6, 6.07) is 8.44. The van der Waals surface area contributed by atoms with Crippen LogP contribution < -0.4 is 4.90 Å². The molecule has 2 N–H and O–H groups in total. The molecule has 1 aromatic heterocycles. The molecule has 1 saturated heterocycles. The van der Waals surface area contributed by atoms with E-state index in [1.165, 1.54) is 16.8 Å². The minimum absolute atomic E-state index is 0.0694. The molecule has 4 atom stereocenters. The largest absolute Gasteiger partial charge is 0.378 e. The summed E-state index contributed by atoms with van der Waals surface area (Å²) in [6.07, 6.45) is 12.2. The fourth-order valence-corrected chi connectivity index (χ4v) is 5.78. The molecule has 35 heavy (non-hydrogen) atoms. The van der Waals surface area contributed by atoms with Gasteiger partial charge in [0.15, 0.2) is 0 Å². The summed E-state index contributed by atoms with van der Waals surface area (Å²) < 4.78 is 0. The van der Waals surface area contributed by atoms with E-state index in [0.717, 1.165) is 63.9 Å². The molecule has 3 aliphatic rings. The summed E-state index contributed by atoms with van der Waals surface area (Å²) in [5.74, 6) is 0.285. The summed E-state index contributed by atoms with van der Waals surface area (Å²) >= 11 is 0. The Balaban J connectivity index is 0.00000141. The third-order valence-electron chi connectivity index (χ3n) is 7.44. The van der Waals surface area contributed by atoms with Crippen LogP contribution in [0.5, 0.6) is 0 Å². The molecule has 4 unspecified atom stereocenters. The van der Waals surface area contributed by atoms with Crippen molar-refractivity contribution in [3.8, 4) is 0 Å². The summed E-state index contributed by atoms with van der Waals surface area (Å²) in [5, 5.41) is 31.2. The molecule has 0 amide bonds. The molecule has 5 rings (SSSR count). The van der Waals surface area contributed by atoms with Crippen LogP contribution in [0.2, 0.25) is 0 Å². The molecule has 1 aliphatic carbocycles. The number of nitrogens with zero attached hydrogens (tertiary/aromatic N) is 5. The number of hydrogen-bond acceptors (Lipinski definition) is 6. The van der Waals surface area contributed by atoms with Crippen molar-refractivity contribution in [1.82, 2.24) is 19.9 Å². The van der Waals surface area contributed by atoms with Gasteiger partial charge in [-0.1, -0.05) is 43.7 Å². The first-order valence-corrected chi connectivity index (χ1v) is 13.3. The number of piperidine rings is 1. The van der Waals surface area contributed by atoms with Gasteiger partial charge in [-0.05, 0) is 69.1 Å². The molecule has 3 heterocycles. The number of para-hydroxylation sites is 1. The number of aliphatic hydroxyl groups excluding tert-OH is 2. The van der Waals surface area contributed by atoms with Crippen molar-refractivity contribution < 1.29 is 10.2 Å². The highest BCUT2D eigenvalue weighted by Crippen LogP contribution is 2.35. The fourth-order valence-electron chi connectivity index (χ4n) is 5.78. The third kappa shape index (κ3) is 5.85. The minimum atomic E-state index is -0.596. The van der Waals surface area contributed by atoms with Gasteiger partial charge < -0.3 is 15.1 Å². The lowest BCUT2D eigenvalue weighted by Crippen LogP contribution is -2.49. The predicted octanol–water partition coefficient (Wildman–Crippen LogP) is 4.30. The number of aromatic nitrogens is 3. The lowest BCUT2D eigenvalue weighted by molar-refractivity contribution is -0.0515. The number of fused-ring (bicyclic) bond motifs is 1. The van der Waals surface area contributed by atoms with E-state index in [1.807, 2.05) is 19.9 Å². The van der Waals surface area contributed by atoms with E-state index >= 15 is 0 Å². The third-order valence-corrected chi connectivity index (χ3v) is 7.44. The van der Waals surface area contributed by atoms with E-state index in [9.17, 15) is 10.2 Å². The van der Waals surface area contributed by atoms with Crippen LogP contribution in [0.25, 0.3) is 5.70 Å². The number of aliphatic hydroxyl groups is 2. The SMILES string of the molecule is CC.CC1=CC=C(n2nccn2)C(C(O)N2CCCC(CC(O)N3CCCc4ccccc43)C2)C1. The van der Waals surface area contributed by atoms with Crippen LogP contribution in [-0.2, 0) is 6.42 Å². The molecular formula is C28H41N5O2. The standard InChI is InChI=1S/C26H35N5O2.C2H6/c1-19-10-11-24(31-27-12-13-28-31)22(16-19)26(33)29-14-4-6-20(18-29)17-25(32)30-15-5-8-21-7-2-3-9-23(21)30;1-2/h2-3,7,9-13,20,22,25-26,32-33H,4-6,8,14-18H2,1H3;1-2H3. The molecule has 2 aromatic rings. The van der Waals surface area contributed by atoms with Crippen LogP contribution in [-0.4, -0.2) is 62.2 Å². The van der Waals surface area contributed by atoms with Gasteiger partial charge in [0.25, 0.3) is 0 Å². The highest BCUT2D eigenvalue weighted by atomic mass is 16.3. The van der Waals surface area contributed by atoms with Crippen molar-refractivity contribution in [3.63, 3.8) is 0 Å². The molecule has 190 valence electrons. The van der Waals surface area contributed by atoms with Crippen LogP contribution in [0.4, 0.5) is 5.69 Å². The lowest BCUT2D eigenvalue weighted by atomic mass is 9.87. The quantitative estimate of drug-likeness (QED) is 0.643. The first kappa shape index (κ1) is 25.6. The molecule has 0 bridgehead atoms. The smallest absolute Gasteiger partial charge is 0.127 e. The average molecular weight is 480 g/mol. The van der Waals surface area contributed by atoms with E-state index < -0.39 is 12.5 Å². The highest BCUT2D eigenvalue weighted by molar-refractivity contribution is 5.56. The van der Waals surface area contributed by atoms with Crippen molar-refractivity contribution in [2.24, 2.45) is 11.8 Å². The van der Waals surface area contributed by atoms with Gasteiger partial charge in [0.1, 0.15) is 12.5 Å². The summed E-state index contributed by atoms with van der Waals surface area (Å²) in [4.78, 5) is 6.01. The van der Waals surface area contributed by atoms with Crippen LogP contribution in [0.15, 0.2) is 54.4 Å². The Bertz CT molecular complexity index is 1000. The van der Waals surface area contributed by atoms with Gasteiger partial charge in [0.2, 0.25) is 0 Å². The Kier molecular flexibility index (Phi) is 8.76. The monoisotopic (exact) mass is 479 g/mol. The van der Waals surface area contributed by atoms with Crippen molar-refractivity contribution in [2.45, 2.75) is 71.8 Å². The zero-order valence-corrected chi connectivity index (χ0v) is 21.4. The van der Waals surface area contributed by atoms with Gasteiger partial charge in [-0.3, -0.25) is 4.90 Å². The molecule has 0 radical (unpaired) electrons. The number of anilines is 1. The van der Waals surface area contributed by atoms with Gasteiger partial charge in [0.05, 0.1) is 18.1 Å². The van der Waals surface area contributed by atoms with Crippen LogP contribution in [0.3, 0.4) is 0 Å². The molecule has 0 spiro atoms. The Morgan fingerprint density at radius 2 is 1.80 bits per heavy atom. The molecule has 7 nitrogen and oxygen atoms in total. The summed E-state index contributed by atoms with van der Waals surface area (Å²) in [6.45, 7) is 8.68. The van der Waals surface area contributed by atoms with E-state index in [4.69, 9.17) is 0 Å². The second kappa shape index (κ2) is 12.0. The molecular weight excluding hydrogens is 438 g/mol. The Morgan fingerprint density at radius 3 is 2.60 bits per heavy atom. The number of rotatable bonds is 6. The number of aryl methyl sites for hydroxylation is 1. The molecule has 1 fully saturated rings. The van der Waals surface area contributed by atoms with Crippen molar-refractivity contribution in [1.29, 1.82) is 0 Å². The molecule has 2 aliphatic heterocycles. The zero-order chi connectivity index (χ0) is 24.8. The predicted molar refractivity (Wildman–Crippen MR) is 141 cm³/mol. The Morgan fingerprint density at radius 1 is 1.03 bits per heavy atom. The van der Waals surface area contributed by atoms with E-state index in [-0.39, 0.29) is 5.92 Å². The van der Waals surface area contributed by atoms with Crippen LogP contribution in [0.1, 0.15) is 58.4 Å². The van der Waals surface area contributed by atoms with E-state index in [2.05, 4.69) is 57.3 Å². The van der Waals surface area contributed by atoms with Crippen LogP contribution in [0, 0.1) is 11.8 Å². The van der Waals surface area contributed by atoms with Crippen LogP contribution >= 0.6 is 0 Å². The molecule has 1 aromatic carbocycles. The molecule has 0 saturated carbocycles. The van der Waals surface area contributed by atoms with Crippen molar-refractivity contribution >= 4 is 11.4 Å². The van der Waals surface area contributed by atoms with Gasteiger partial charge in [-0.2, -0.15) is 15.0 Å². The maximum Gasteiger partial charge on any atom is 0.127 e. The number of allylic oxidation sites excluding steroid dienone is 3. The maximum absolute atomic E-state index is 11.4. The first-order valence-electron chi connectivity index (χ1n) is 13.3. The van der Waals surface area contributed by atoms with Crippen molar-refractivity contribution in [3.05, 3.63) is 59.9 Å². The normalized spacial score (nSPS) is 24.4. The summed E-state index contributed by atoms with van der Waals surface area (Å²) in [5.41, 5.74) is 4.69. The molecule has 7 heteroatoms. The van der Waals surface area contributed by atoms with Gasteiger partial charge >= 0.3 is 0 Å². The second-order valence-corrected chi connectivity index (χ2v) is 9.79. The fraction of sp³-hybridized carbons (Fsp3) is 0.571. The van der Waals surface area contributed by atoms with E-state index in [1.54, 1.807) is 17.2 Å².